The Bertz CT molecular complexity index is 741. The third-order valence-corrected chi connectivity index (χ3v) is 4.48. The van der Waals surface area contributed by atoms with Gasteiger partial charge in [0.25, 0.3) is 5.89 Å². The van der Waals surface area contributed by atoms with Crippen LogP contribution >= 0.6 is 22.9 Å². The molecule has 0 amide bonds. The zero-order chi connectivity index (χ0) is 15.5. The first-order valence-electron chi connectivity index (χ1n) is 7.02. The van der Waals surface area contributed by atoms with Crippen molar-refractivity contribution in [3.63, 3.8) is 0 Å². The van der Waals surface area contributed by atoms with Gasteiger partial charge in [0, 0.05) is 11.1 Å². The van der Waals surface area contributed by atoms with Crippen LogP contribution in [0.5, 0.6) is 0 Å². The Morgan fingerprint density at radius 2 is 2.00 bits per heavy atom. The fourth-order valence-electron chi connectivity index (χ4n) is 2.23. The largest absolute Gasteiger partial charge is 0.418 e. The van der Waals surface area contributed by atoms with Crippen molar-refractivity contribution in [3.8, 4) is 10.8 Å². The van der Waals surface area contributed by atoms with Crippen molar-refractivity contribution in [2.45, 2.75) is 25.9 Å². The highest BCUT2D eigenvalue weighted by Crippen LogP contribution is 2.26. The summed E-state index contributed by atoms with van der Waals surface area (Å²) in [6.07, 6.45) is 0. The van der Waals surface area contributed by atoms with E-state index < -0.39 is 0 Å². The van der Waals surface area contributed by atoms with Crippen molar-refractivity contribution in [3.05, 3.63) is 58.3 Å². The molecule has 0 saturated heterocycles. The van der Waals surface area contributed by atoms with E-state index in [0.29, 0.717) is 11.8 Å². The molecule has 4 nitrogen and oxygen atoms in total. The third-order valence-electron chi connectivity index (χ3n) is 3.39. The van der Waals surface area contributed by atoms with E-state index >= 15 is 0 Å². The lowest BCUT2D eigenvalue weighted by Crippen LogP contribution is -2.22. The summed E-state index contributed by atoms with van der Waals surface area (Å²) >= 11 is 7.62. The smallest absolute Gasteiger partial charge is 0.257 e. The fraction of sp³-hybridized carbons (Fsp3) is 0.250. The molecule has 2 atom stereocenters. The molecule has 0 aliphatic rings. The van der Waals surface area contributed by atoms with E-state index in [1.165, 1.54) is 0 Å². The van der Waals surface area contributed by atoms with Gasteiger partial charge >= 0.3 is 0 Å². The molecule has 0 bridgehead atoms. The minimum atomic E-state index is -0.0461. The molecule has 1 aromatic carbocycles. The van der Waals surface area contributed by atoms with E-state index in [9.17, 15) is 0 Å². The standard InChI is InChI=1S/C16H16ClN3OS/c1-10(12-5-3-6-13(17)9-12)18-11(2)15-19-20-16(21-15)14-7-4-8-22-14/h3-11,18H,1-2H3/t10-,11-/m0/s1. The van der Waals surface area contributed by atoms with Gasteiger partial charge in [-0.2, -0.15) is 0 Å². The van der Waals surface area contributed by atoms with Crippen molar-refractivity contribution >= 4 is 22.9 Å². The summed E-state index contributed by atoms with van der Waals surface area (Å²) in [5, 5.41) is 14.4. The number of thiophene rings is 1. The van der Waals surface area contributed by atoms with Gasteiger partial charge in [-0.05, 0) is 43.0 Å². The van der Waals surface area contributed by atoms with Crippen LogP contribution in [0.3, 0.4) is 0 Å². The molecular weight excluding hydrogens is 318 g/mol. The van der Waals surface area contributed by atoms with Gasteiger partial charge in [0.1, 0.15) is 0 Å². The average Bonchev–Trinajstić information content (AvgIpc) is 3.18. The molecule has 0 saturated carbocycles. The van der Waals surface area contributed by atoms with Crippen LogP contribution in [-0.2, 0) is 0 Å². The molecule has 2 heterocycles. The molecule has 0 radical (unpaired) electrons. The molecule has 2 aromatic heterocycles. The molecule has 0 aliphatic carbocycles. The minimum absolute atomic E-state index is 0.0461. The Morgan fingerprint density at radius 1 is 1.14 bits per heavy atom. The van der Waals surface area contributed by atoms with Gasteiger partial charge < -0.3 is 4.42 Å². The lowest BCUT2D eigenvalue weighted by atomic mass is 10.1. The van der Waals surface area contributed by atoms with Gasteiger partial charge in [0.15, 0.2) is 0 Å². The van der Waals surface area contributed by atoms with Gasteiger partial charge in [-0.25, -0.2) is 0 Å². The average molecular weight is 334 g/mol. The van der Waals surface area contributed by atoms with E-state index in [2.05, 4.69) is 22.4 Å². The topological polar surface area (TPSA) is 51.0 Å². The Hall–Kier alpha value is -1.69. The molecule has 0 spiro atoms. The van der Waals surface area contributed by atoms with E-state index in [1.54, 1.807) is 11.3 Å². The molecule has 22 heavy (non-hydrogen) atoms. The first-order valence-corrected chi connectivity index (χ1v) is 8.28. The Balaban J connectivity index is 1.70. The van der Waals surface area contributed by atoms with E-state index in [0.717, 1.165) is 15.5 Å². The van der Waals surface area contributed by atoms with Crippen LogP contribution in [0.25, 0.3) is 10.8 Å². The summed E-state index contributed by atoms with van der Waals surface area (Å²) < 4.78 is 5.75. The second kappa shape index (κ2) is 6.60. The fourth-order valence-corrected chi connectivity index (χ4v) is 3.07. The number of nitrogens with zero attached hydrogens (tertiary/aromatic N) is 2. The summed E-state index contributed by atoms with van der Waals surface area (Å²) in [4.78, 5) is 0.980. The van der Waals surface area contributed by atoms with Gasteiger partial charge in [-0.1, -0.05) is 29.8 Å². The van der Waals surface area contributed by atoms with Crippen molar-refractivity contribution in [1.29, 1.82) is 0 Å². The van der Waals surface area contributed by atoms with Crippen molar-refractivity contribution in [1.82, 2.24) is 15.5 Å². The molecule has 0 fully saturated rings. The van der Waals surface area contributed by atoms with Crippen molar-refractivity contribution in [2.75, 3.05) is 0 Å². The molecule has 0 aliphatic heterocycles. The molecule has 0 unspecified atom stereocenters. The number of aromatic nitrogens is 2. The summed E-state index contributed by atoms with van der Waals surface area (Å²) in [7, 11) is 0. The van der Waals surface area contributed by atoms with Crippen molar-refractivity contribution < 1.29 is 4.42 Å². The number of rotatable bonds is 5. The van der Waals surface area contributed by atoms with E-state index in [-0.39, 0.29) is 12.1 Å². The number of hydrogen-bond acceptors (Lipinski definition) is 5. The Labute approximate surface area is 138 Å². The maximum Gasteiger partial charge on any atom is 0.257 e. The van der Waals surface area contributed by atoms with Crippen LogP contribution in [0.15, 0.2) is 46.2 Å². The second-order valence-electron chi connectivity index (χ2n) is 5.09. The maximum atomic E-state index is 6.04. The Morgan fingerprint density at radius 3 is 2.73 bits per heavy atom. The monoisotopic (exact) mass is 333 g/mol. The van der Waals surface area contributed by atoms with Gasteiger partial charge in [0.2, 0.25) is 5.89 Å². The zero-order valence-electron chi connectivity index (χ0n) is 12.3. The van der Waals surface area contributed by atoms with Gasteiger partial charge in [0.05, 0.1) is 10.9 Å². The van der Waals surface area contributed by atoms with Crippen LogP contribution in [0.2, 0.25) is 5.02 Å². The van der Waals surface area contributed by atoms with Crippen molar-refractivity contribution in [2.24, 2.45) is 0 Å². The predicted molar refractivity (Wildman–Crippen MR) is 89.0 cm³/mol. The SMILES string of the molecule is C[C@H](N[C@@H](C)c1nnc(-c2cccs2)o1)c1cccc(Cl)c1. The number of halogens is 1. The molecule has 3 aromatic rings. The normalized spacial score (nSPS) is 14.0. The van der Waals surface area contributed by atoms with E-state index in [4.69, 9.17) is 16.0 Å². The van der Waals surface area contributed by atoms with Gasteiger partial charge in [-0.3, -0.25) is 5.32 Å². The van der Waals surface area contributed by atoms with Crippen LogP contribution in [0.1, 0.15) is 37.4 Å². The van der Waals surface area contributed by atoms with E-state index in [1.807, 2.05) is 48.7 Å². The predicted octanol–water partition coefficient (Wildman–Crippen LogP) is 4.86. The molecular formula is C16H16ClN3OS. The van der Waals surface area contributed by atoms with Crippen LogP contribution in [0.4, 0.5) is 0 Å². The molecule has 3 rings (SSSR count). The van der Waals surface area contributed by atoms with Crippen LogP contribution in [-0.4, -0.2) is 10.2 Å². The highest BCUT2D eigenvalue weighted by Gasteiger charge is 2.18. The summed E-state index contributed by atoms with van der Waals surface area (Å²) in [5.41, 5.74) is 1.12. The number of nitrogens with one attached hydrogen (secondary N) is 1. The highest BCUT2D eigenvalue weighted by atomic mass is 35.5. The summed E-state index contributed by atoms with van der Waals surface area (Å²) in [6.45, 7) is 4.09. The van der Waals surface area contributed by atoms with Crippen LogP contribution < -0.4 is 5.32 Å². The first-order chi connectivity index (χ1) is 10.6. The first kappa shape index (κ1) is 15.2. The molecule has 6 heteroatoms. The number of hydrogen-bond donors (Lipinski definition) is 1. The second-order valence-corrected chi connectivity index (χ2v) is 6.47. The quantitative estimate of drug-likeness (QED) is 0.724. The minimum Gasteiger partial charge on any atom is -0.418 e. The molecule has 1 N–H and O–H groups in total. The lowest BCUT2D eigenvalue weighted by molar-refractivity contribution is 0.395. The Kier molecular flexibility index (Phi) is 4.57. The molecule has 114 valence electrons. The lowest BCUT2D eigenvalue weighted by Gasteiger charge is -2.18. The highest BCUT2D eigenvalue weighted by molar-refractivity contribution is 7.13. The zero-order valence-corrected chi connectivity index (χ0v) is 13.9. The summed E-state index contributed by atoms with van der Waals surface area (Å²) in [5.74, 6) is 1.14. The van der Waals surface area contributed by atoms with Gasteiger partial charge in [-0.15, -0.1) is 21.5 Å². The maximum absolute atomic E-state index is 6.04. The van der Waals surface area contributed by atoms with Crippen LogP contribution in [0, 0.1) is 0 Å². The summed E-state index contributed by atoms with van der Waals surface area (Å²) in [6, 6.07) is 11.8. The number of benzene rings is 1. The third kappa shape index (κ3) is 3.38.